The maximum atomic E-state index is 11.1. The monoisotopic (exact) mass is 192 g/mol. The maximum absolute atomic E-state index is 11.1. The van der Waals surface area contributed by atoms with E-state index in [0.717, 1.165) is 0 Å². The molecule has 0 heterocycles. The molecule has 0 saturated heterocycles. The number of hydrogen-bond donors (Lipinski definition) is 1. The highest BCUT2D eigenvalue weighted by Gasteiger charge is 2.13. The number of urea groups is 1. The zero-order valence-electron chi connectivity index (χ0n) is 7.43. The minimum atomic E-state index is -0.478. The van der Waals surface area contributed by atoms with Crippen molar-refractivity contribution in [2.24, 2.45) is 0 Å². The lowest BCUT2D eigenvalue weighted by atomic mass is 10.4. The molecule has 0 fully saturated rings. The quantitative estimate of drug-likeness (QED) is 0.658. The minimum Gasteiger partial charge on any atom is -0.325 e. The molecule has 0 saturated carbocycles. The lowest BCUT2D eigenvalue weighted by molar-refractivity contribution is -0.117. The van der Waals surface area contributed by atoms with E-state index in [2.05, 4.69) is 5.32 Å². The third-order valence-electron chi connectivity index (χ3n) is 1.46. The van der Waals surface area contributed by atoms with Crippen molar-refractivity contribution in [3.8, 4) is 0 Å². The Kier molecular flexibility index (Phi) is 4.66. The van der Waals surface area contributed by atoms with E-state index in [4.69, 9.17) is 11.6 Å². The van der Waals surface area contributed by atoms with E-state index in [1.807, 2.05) is 13.8 Å². The molecule has 0 spiro atoms. The van der Waals surface area contributed by atoms with E-state index in [1.54, 1.807) is 7.05 Å². The largest absolute Gasteiger partial charge is 0.325 e. The minimum absolute atomic E-state index is 0.0631. The third kappa shape index (κ3) is 3.57. The van der Waals surface area contributed by atoms with Gasteiger partial charge in [-0.2, -0.15) is 0 Å². The molecule has 0 bridgehead atoms. The summed E-state index contributed by atoms with van der Waals surface area (Å²) in [4.78, 5) is 23.2. The molecule has 3 amide bonds. The number of nitrogens with zero attached hydrogens (tertiary/aromatic N) is 1. The molecule has 0 aromatic rings. The van der Waals surface area contributed by atoms with E-state index in [9.17, 15) is 9.59 Å². The molecule has 0 aliphatic rings. The fourth-order valence-corrected chi connectivity index (χ4v) is 0.542. The third-order valence-corrected chi connectivity index (χ3v) is 1.71. The normalized spacial score (nSPS) is 9.75. The van der Waals surface area contributed by atoms with E-state index >= 15 is 0 Å². The van der Waals surface area contributed by atoms with Gasteiger partial charge in [-0.15, -0.1) is 11.6 Å². The van der Waals surface area contributed by atoms with Crippen molar-refractivity contribution in [2.75, 3.05) is 12.9 Å². The first-order chi connectivity index (χ1) is 5.49. The second-order valence-corrected chi connectivity index (χ2v) is 2.96. The highest BCUT2D eigenvalue weighted by molar-refractivity contribution is 6.28. The van der Waals surface area contributed by atoms with Crippen LogP contribution < -0.4 is 5.32 Å². The standard InChI is InChI=1S/C7H13ClN2O2/c1-5(2)10(3)7(12)9-6(11)4-8/h5H,4H2,1-3H3,(H,9,11,12). The average molecular weight is 193 g/mol. The van der Waals surface area contributed by atoms with Crippen molar-refractivity contribution in [1.29, 1.82) is 0 Å². The summed E-state index contributed by atoms with van der Waals surface area (Å²) in [6, 6.07) is -0.358. The zero-order chi connectivity index (χ0) is 9.72. The van der Waals surface area contributed by atoms with E-state index in [1.165, 1.54) is 4.90 Å². The van der Waals surface area contributed by atoms with E-state index in [0.29, 0.717) is 0 Å². The number of imide groups is 1. The first kappa shape index (κ1) is 11.2. The van der Waals surface area contributed by atoms with Crippen LogP contribution in [0.4, 0.5) is 4.79 Å². The van der Waals surface area contributed by atoms with Gasteiger partial charge in [-0.3, -0.25) is 10.1 Å². The smallest absolute Gasteiger partial charge is 0.324 e. The fourth-order valence-electron chi connectivity index (χ4n) is 0.475. The Morgan fingerprint density at radius 1 is 1.50 bits per heavy atom. The van der Waals surface area contributed by atoms with Gasteiger partial charge in [0.25, 0.3) is 0 Å². The van der Waals surface area contributed by atoms with Gasteiger partial charge in [0.2, 0.25) is 5.91 Å². The number of amides is 3. The Balaban J connectivity index is 3.96. The molecule has 0 radical (unpaired) electrons. The molecule has 0 aromatic heterocycles. The van der Waals surface area contributed by atoms with Gasteiger partial charge in [-0.25, -0.2) is 4.79 Å². The predicted molar refractivity (Wildman–Crippen MR) is 47.2 cm³/mol. The zero-order valence-corrected chi connectivity index (χ0v) is 8.18. The number of hydrogen-bond acceptors (Lipinski definition) is 2. The van der Waals surface area contributed by atoms with Crippen LogP contribution in [0.2, 0.25) is 0 Å². The molecule has 0 aromatic carbocycles. The van der Waals surface area contributed by atoms with Crippen LogP contribution in [0, 0.1) is 0 Å². The van der Waals surface area contributed by atoms with Crippen LogP contribution in [0.1, 0.15) is 13.8 Å². The van der Waals surface area contributed by atoms with Gasteiger partial charge < -0.3 is 4.90 Å². The van der Waals surface area contributed by atoms with Crippen LogP contribution in [0.3, 0.4) is 0 Å². The molecule has 4 nitrogen and oxygen atoms in total. The summed E-state index contributed by atoms with van der Waals surface area (Å²) in [6.45, 7) is 3.70. The topological polar surface area (TPSA) is 49.4 Å². The first-order valence-corrected chi connectivity index (χ1v) is 4.15. The molecule has 0 aliphatic carbocycles. The van der Waals surface area contributed by atoms with Gasteiger partial charge in [0, 0.05) is 13.1 Å². The van der Waals surface area contributed by atoms with Crippen molar-refractivity contribution in [3.63, 3.8) is 0 Å². The summed E-state index contributed by atoms with van der Waals surface area (Å²) in [7, 11) is 1.61. The van der Waals surface area contributed by atoms with Crippen LogP contribution in [0.25, 0.3) is 0 Å². The maximum Gasteiger partial charge on any atom is 0.324 e. The number of nitrogens with one attached hydrogen (secondary N) is 1. The highest BCUT2D eigenvalue weighted by Crippen LogP contribution is 1.93. The van der Waals surface area contributed by atoms with Crippen molar-refractivity contribution < 1.29 is 9.59 Å². The summed E-state index contributed by atoms with van der Waals surface area (Å²) < 4.78 is 0. The van der Waals surface area contributed by atoms with Crippen LogP contribution in [-0.4, -0.2) is 35.8 Å². The molecule has 0 atom stereocenters. The average Bonchev–Trinajstić information content (AvgIpc) is 2.02. The predicted octanol–water partition coefficient (Wildman–Crippen LogP) is 0.802. The lowest BCUT2D eigenvalue weighted by Crippen LogP contribution is -2.44. The lowest BCUT2D eigenvalue weighted by Gasteiger charge is -2.20. The Morgan fingerprint density at radius 3 is 2.33 bits per heavy atom. The van der Waals surface area contributed by atoms with Crippen LogP contribution >= 0.6 is 11.6 Å². The SMILES string of the molecule is CC(C)N(C)C(=O)NC(=O)CCl. The number of halogens is 1. The van der Waals surface area contributed by atoms with Gasteiger partial charge in [-0.1, -0.05) is 0 Å². The first-order valence-electron chi connectivity index (χ1n) is 3.61. The van der Waals surface area contributed by atoms with Crippen LogP contribution in [-0.2, 0) is 4.79 Å². The molecule has 0 rings (SSSR count). The molecule has 1 N–H and O–H groups in total. The van der Waals surface area contributed by atoms with Crippen molar-refractivity contribution >= 4 is 23.5 Å². The van der Waals surface area contributed by atoms with Gasteiger partial charge in [0.1, 0.15) is 5.88 Å². The van der Waals surface area contributed by atoms with E-state index < -0.39 is 11.9 Å². The number of alkyl halides is 1. The van der Waals surface area contributed by atoms with Crippen molar-refractivity contribution in [3.05, 3.63) is 0 Å². The molecule has 5 heteroatoms. The van der Waals surface area contributed by atoms with Crippen molar-refractivity contribution in [1.82, 2.24) is 10.2 Å². The molecular formula is C7H13ClN2O2. The molecular weight excluding hydrogens is 180 g/mol. The molecule has 0 unspecified atom stereocenters. The molecule has 0 aliphatic heterocycles. The Morgan fingerprint density at radius 2 is 2.00 bits per heavy atom. The summed E-state index contributed by atoms with van der Waals surface area (Å²) in [5, 5.41) is 2.13. The van der Waals surface area contributed by atoms with Gasteiger partial charge >= 0.3 is 6.03 Å². The number of carbonyl (C=O) groups excluding carboxylic acids is 2. The van der Waals surface area contributed by atoms with Crippen LogP contribution in [0.15, 0.2) is 0 Å². The summed E-state index contributed by atoms with van der Waals surface area (Å²) in [5.74, 6) is -0.674. The van der Waals surface area contributed by atoms with Crippen molar-refractivity contribution in [2.45, 2.75) is 19.9 Å². The summed E-state index contributed by atoms with van der Waals surface area (Å²) >= 11 is 5.20. The molecule has 70 valence electrons. The van der Waals surface area contributed by atoms with E-state index in [-0.39, 0.29) is 11.9 Å². The fraction of sp³-hybridized carbons (Fsp3) is 0.714. The van der Waals surface area contributed by atoms with Gasteiger partial charge in [0.05, 0.1) is 0 Å². The van der Waals surface area contributed by atoms with Gasteiger partial charge in [0.15, 0.2) is 0 Å². The van der Waals surface area contributed by atoms with Gasteiger partial charge in [-0.05, 0) is 13.8 Å². The van der Waals surface area contributed by atoms with Crippen LogP contribution in [0.5, 0.6) is 0 Å². The Labute approximate surface area is 76.9 Å². The highest BCUT2D eigenvalue weighted by atomic mass is 35.5. The summed E-state index contributed by atoms with van der Waals surface area (Å²) in [5.41, 5.74) is 0. The Bertz CT molecular complexity index is 182. The Hall–Kier alpha value is -0.770. The second-order valence-electron chi connectivity index (χ2n) is 2.69. The second kappa shape index (κ2) is 4.98. The number of rotatable bonds is 2. The summed E-state index contributed by atoms with van der Waals surface area (Å²) in [6.07, 6.45) is 0. The molecule has 12 heavy (non-hydrogen) atoms. The number of carbonyl (C=O) groups is 2.